The van der Waals surface area contributed by atoms with Crippen LogP contribution in [0.5, 0.6) is 5.75 Å². The fraction of sp³-hybridized carbons (Fsp3) is 0.250. The minimum Gasteiger partial charge on any atom is -0.445 e. The third-order valence-corrected chi connectivity index (χ3v) is 4.04. The summed E-state index contributed by atoms with van der Waals surface area (Å²) in [5.41, 5.74) is 1.63. The van der Waals surface area contributed by atoms with Crippen LogP contribution < -0.4 is 15.0 Å². The van der Waals surface area contributed by atoms with E-state index in [0.717, 1.165) is 17.7 Å². The Morgan fingerprint density at radius 3 is 2.44 bits per heavy atom. The predicted molar refractivity (Wildman–Crippen MR) is 98.3 cm³/mol. The number of nitrogens with one attached hydrogen (secondary N) is 1. The van der Waals surface area contributed by atoms with Crippen LogP contribution in [0.1, 0.15) is 18.4 Å². The largest absolute Gasteiger partial charge is 0.445 e. The van der Waals surface area contributed by atoms with Gasteiger partial charge in [0.15, 0.2) is 0 Å². The van der Waals surface area contributed by atoms with E-state index in [2.05, 4.69) is 5.32 Å². The average molecular weight is 368 g/mol. The number of hydrogen-bond acceptors (Lipinski definition) is 5. The lowest BCUT2D eigenvalue weighted by atomic mass is 10.2. The first-order chi connectivity index (χ1) is 13.1. The molecule has 1 N–H and O–H groups in total. The van der Waals surface area contributed by atoms with Gasteiger partial charge >= 0.3 is 12.1 Å². The molecule has 0 atom stereocenters. The highest BCUT2D eigenvalue weighted by atomic mass is 16.6. The Morgan fingerprint density at radius 2 is 1.78 bits per heavy atom. The lowest BCUT2D eigenvalue weighted by molar-refractivity contribution is -0.133. The summed E-state index contributed by atoms with van der Waals surface area (Å²) >= 11 is 0. The number of carbonyl (C=O) groups is 3. The van der Waals surface area contributed by atoms with Crippen molar-refractivity contribution in [1.29, 1.82) is 0 Å². The van der Waals surface area contributed by atoms with Crippen LogP contribution >= 0.6 is 0 Å². The summed E-state index contributed by atoms with van der Waals surface area (Å²) in [6, 6.07) is 15.9. The van der Waals surface area contributed by atoms with Crippen molar-refractivity contribution < 1.29 is 23.9 Å². The van der Waals surface area contributed by atoms with E-state index in [4.69, 9.17) is 9.47 Å². The lowest BCUT2D eigenvalue weighted by Crippen LogP contribution is -2.32. The highest BCUT2D eigenvalue weighted by Gasteiger charge is 2.21. The van der Waals surface area contributed by atoms with Gasteiger partial charge in [0.05, 0.1) is 0 Å². The van der Waals surface area contributed by atoms with E-state index in [0.29, 0.717) is 18.7 Å². The van der Waals surface area contributed by atoms with Crippen molar-refractivity contribution in [1.82, 2.24) is 5.32 Å². The van der Waals surface area contributed by atoms with Crippen LogP contribution in [-0.2, 0) is 20.9 Å². The van der Waals surface area contributed by atoms with E-state index in [9.17, 15) is 14.4 Å². The number of alkyl carbamates (subject to hydrolysis) is 1. The van der Waals surface area contributed by atoms with Gasteiger partial charge in [-0.2, -0.15) is 0 Å². The number of rotatable bonds is 6. The minimum atomic E-state index is -0.696. The van der Waals surface area contributed by atoms with E-state index in [1.807, 2.05) is 30.3 Å². The van der Waals surface area contributed by atoms with Gasteiger partial charge in [0, 0.05) is 18.7 Å². The number of amides is 2. The van der Waals surface area contributed by atoms with Gasteiger partial charge in [-0.05, 0) is 36.2 Å². The molecular weight excluding hydrogens is 348 g/mol. The highest BCUT2D eigenvalue weighted by Crippen LogP contribution is 2.23. The maximum atomic E-state index is 11.8. The Labute approximate surface area is 156 Å². The number of anilines is 1. The monoisotopic (exact) mass is 368 g/mol. The minimum absolute atomic E-state index is 0.0953. The van der Waals surface area contributed by atoms with Crippen LogP contribution in [0, 0.1) is 0 Å². The standard InChI is InChI=1S/C20H20N2O5/c23-18-7-4-12-22(18)16-8-10-17(11-9-16)27-19(24)13-21-20(25)26-14-15-5-2-1-3-6-15/h1-3,5-6,8-11H,4,7,12-14H2,(H,21,25). The Kier molecular flexibility index (Phi) is 6.04. The van der Waals surface area contributed by atoms with Crippen molar-refractivity contribution in [2.75, 3.05) is 18.0 Å². The van der Waals surface area contributed by atoms with E-state index in [1.54, 1.807) is 29.2 Å². The average Bonchev–Trinajstić information content (AvgIpc) is 3.12. The van der Waals surface area contributed by atoms with E-state index in [-0.39, 0.29) is 19.1 Å². The molecule has 0 aliphatic carbocycles. The van der Waals surface area contributed by atoms with Crippen LogP contribution in [-0.4, -0.2) is 31.1 Å². The Morgan fingerprint density at radius 1 is 1.04 bits per heavy atom. The van der Waals surface area contributed by atoms with Crippen molar-refractivity contribution in [2.45, 2.75) is 19.4 Å². The summed E-state index contributed by atoms with van der Waals surface area (Å²) in [7, 11) is 0. The maximum absolute atomic E-state index is 11.8. The van der Waals surface area contributed by atoms with Crippen LogP contribution in [0.3, 0.4) is 0 Å². The van der Waals surface area contributed by atoms with Crippen molar-refractivity contribution in [3.8, 4) is 5.75 Å². The Hall–Kier alpha value is -3.35. The maximum Gasteiger partial charge on any atom is 0.407 e. The normalized spacial score (nSPS) is 13.3. The molecular formula is C20H20N2O5. The molecule has 0 radical (unpaired) electrons. The van der Waals surface area contributed by atoms with Crippen molar-refractivity contribution in [3.63, 3.8) is 0 Å². The lowest BCUT2D eigenvalue weighted by Gasteiger charge is -2.15. The van der Waals surface area contributed by atoms with Gasteiger partial charge in [-0.1, -0.05) is 30.3 Å². The van der Waals surface area contributed by atoms with Crippen LogP contribution in [0.4, 0.5) is 10.5 Å². The fourth-order valence-electron chi connectivity index (χ4n) is 2.70. The van der Waals surface area contributed by atoms with Crippen LogP contribution in [0.2, 0.25) is 0 Å². The smallest absolute Gasteiger partial charge is 0.407 e. The summed E-state index contributed by atoms with van der Waals surface area (Å²) in [4.78, 5) is 36.9. The third kappa shape index (κ3) is 5.31. The van der Waals surface area contributed by atoms with Gasteiger partial charge in [0.2, 0.25) is 5.91 Å². The summed E-state index contributed by atoms with van der Waals surface area (Å²) < 4.78 is 10.2. The summed E-state index contributed by atoms with van der Waals surface area (Å²) in [6.07, 6.45) is 0.711. The van der Waals surface area contributed by atoms with Gasteiger partial charge in [0.1, 0.15) is 18.9 Å². The Bertz CT molecular complexity index is 805. The fourth-order valence-corrected chi connectivity index (χ4v) is 2.70. The molecule has 0 unspecified atom stereocenters. The second-order valence-electron chi connectivity index (χ2n) is 6.03. The molecule has 2 aromatic carbocycles. The van der Waals surface area contributed by atoms with Crippen molar-refractivity contribution >= 4 is 23.7 Å². The molecule has 1 fully saturated rings. The van der Waals surface area contributed by atoms with Gasteiger partial charge < -0.3 is 19.7 Å². The van der Waals surface area contributed by atoms with Gasteiger partial charge in [-0.15, -0.1) is 0 Å². The molecule has 0 bridgehead atoms. The van der Waals surface area contributed by atoms with E-state index < -0.39 is 12.1 Å². The molecule has 2 amide bonds. The number of carbonyl (C=O) groups excluding carboxylic acids is 3. The number of benzene rings is 2. The highest BCUT2D eigenvalue weighted by molar-refractivity contribution is 5.95. The molecule has 0 aromatic heterocycles. The number of esters is 1. The topological polar surface area (TPSA) is 84.9 Å². The molecule has 27 heavy (non-hydrogen) atoms. The zero-order chi connectivity index (χ0) is 19.1. The Balaban J connectivity index is 1.41. The van der Waals surface area contributed by atoms with Crippen LogP contribution in [0.25, 0.3) is 0 Å². The van der Waals surface area contributed by atoms with Gasteiger partial charge in [-0.25, -0.2) is 9.59 Å². The number of ether oxygens (including phenoxy) is 2. The van der Waals surface area contributed by atoms with Gasteiger partial charge in [-0.3, -0.25) is 4.79 Å². The SMILES string of the molecule is O=C(CNC(=O)OCc1ccccc1)Oc1ccc(N2CCCC2=O)cc1. The molecule has 7 nitrogen and oxygen atoms in total. The molecule has 1 aliphatic rings. The first-order valence-corrected chi connectivity index (χ1v) is 8.67. The van der Waals surface area contributed by atoms with Crippen LogP contribution in [0.15, 0.2) is 54.6 Å². The van der Waals surface area contributed by atoms with Crippen molar-refractivity contribution in [2.24, 2.45) is 0 Å². The molecule has 140 valence electrons. The third-order valence-electron chi connectivity index (χ3n) is 4.04. The first kappa shape index (κ1) is 18.4. The summed E-state index contributed by atoms with van der Waals surface area (Å²) in [6.45, 7) is 0.519. The predicted octanol–water partition coefficient (Wildman–Crippen LogP) is 2.65. The quantitative estimate of drug-likeness (QED) is 0.626. The molecule has 2 aromatic rings. The first-order valence-electron chi connectivity index (χ1n) is 8.67. The molecule has 1 aliphatic heterocycles. The number of nitrogens with zero attached hydrogens (tertiary/aromatic N) is 1. The molecule has 3 rings (SSSR count). The second kappa shape index (κ2) is 8.84. The summed E-state index contributed by atoms with van der Waals surface area (Å²) in [5.74, 6) is -0.176. The molecule has 0 spiro atoms. The zero-order valence-electron chi connectivity index (χ0n) is 14.7. The molecule has 7 heteroatoms. The molecule has 1 saturated heterocycles. The van der Waals surface area contributed by atoms with E-state index in [1.165, 1.54) is 0 Å². The molecule has 1 heterocycles. The van der Waals surface area contributed by atoms with Crippen molar-refractivity contribution in [3.05, 3.63) is 60.2 Å². The zero-order valence-corrected chi connectivity index (χ0v) is 14.7. The second-order valence-corrected chi connectivity index (χ2v) is 6.03. The van der Waals surface area contributed by atoms with E-state index >= 15 is 0 Å². The number of hydrogen-bond donors (Lipinski definition) is 1. The van der Waals surface area contributed by atoms with Gasteiger partial charge in [0.25, 0.3) is 0 Å². The summed E-state index contributed by atoms with van der Waals surface area (Å²) in [5, 5.41) is 2.35. The molecule has 0 saturated carbocycles.